The molecular formula is C18H19F2NO4S. The second-order valence-corrected chi connectivity index (χ2v) is 8.13. The highest BCUT2D eigenvalue weighted by atomic mass is 32.2. The molecule has 1 heterocycles. The predicted octanol–water partition coefficient (Wildman–Crippen LogP) is 2.59. The van der Waals surface area contributed by atoms with Crippen LogP contribution in [0, 0.1) is 0 Å². The second-order valence-electron chi connectivity index (χ2n) is 5.95. The summed E-state index contributed by atoms with van der Waals surface area (Å²) in [6.07, 6.45) is -2.20. The Morgan fingerprint density at radius 2 is 1.73 bits per heavy atom. The Morgan fingerprint density at radius 1 is 1.12 bits per heavy atom. The zero-order valence-electron chi connectivity index (χ0n) is 14.1. The first-order valence-corrected chi connectivity index (χ1v) is 9.75. The molecule has 0 radical (unpaired) electrons. The van der Waals surface area contributed by atoms with Crippen LogP contribution >= 0.6 is 0 Å². The minimum absolute atomic E-state index is 0.0418. The fourth-order valence-corrected chi connectivity index (χ4v) is 3.53. The van der Waals surface area contributed by atoms with E-state index in [2.05, 4.69) is 4.98 Å². The van der Waals surface area contributed by atoms with Gasteiger partial charge < -0.3 is 5.11 Å². The van der Waals surface area contributed by atoms with Gasteiger partial charge in [0.15, 0.2) is 9.84 Å². The van der Waals surface area contributed by atoms with Crippen LogP contribution in [0.1, 0.15) is 24.3 Å². The number of Topliss-reactive ketones (excluding diaryl/α,β-unsaturated/α-hetero) is 1. The topological polar surface area (TPSA) is 84.3 Å². The van der Waals surface area contributed by atoms with E-state index in [1.54, 1.807) is 37.4 Å². The average Bonchev–Trinajstić information content (AvgIpc) is 2.60. The molecule has 140 valence electrons. The quantitative estimate of drug-likeness (QED) is 0.757. The number of aliphatic hydroxyl groups is 1. The summed E-state index contributed by atoms with van der Waals surface area (Å²) in [6, 6.07) is 10.7. The molecule has 2 aromatic rings. The first kappa shape index (κ1) is 20.1. The van der Waals surface area contributed by atoms with Gasteiger partial charge in [-0.25, -0.2) is 17.2 Å². The van der Waals surface area contributed by atoms with Crippen molar-refractivity contribution in [3.8, 4) is 11.1 Å². The SMILES string of the molecule is C[C@H](O)c1ccc(-c2ccc(CCS(=O)(=O)CC(=O)C(F)F)nc2)cc1. The summed E-state index contributed by atoms with van der Waals surface area (Å²) in [5.41, 5.74) is 2.99. The number of aryl methyl sites for hydroxylation is 1. The number of sulfone groups is 1. The van der Waals surface area contributed by atoms with Crippen molar-refractivity contribution in [3.63, 3.8) is 0 Å². The van der Waals surface area contributed by atoms with Crippen LogP contribution in [0.5, 0.6) is 0 Å². The lowest BCUT2D eigenvalue weighted by atomic mass is 10.0. The van der Waals surface area contributed by atoms with Crippen molar-refractivity contribution in [1.29, 1.82) is 0 Å². The lowest BCUT2D eigenvalue weighted by molar-refractivity contribution is -0.126. The molecule has 0 bridgehead atoms. The van der Waals surface area contributed by atoms with Crippen molar-refractivity contribution in [2.75, 3.05) is 11.5 Å². The van der Waals surface area contributed by atoms with Crippen LogP contribution in [0.3, 0.4) is 0 Å². The van der Waals surface area contributed by atoms with E-state index in [-0.39, 0.29) is 6.42 Å². The molecule has 0 aliphatic carbocycles. The molecule has 1 aromatic carbocycles. The maximum Gasteiger partial charge on any atom is 0.297 e. The van der Waals surface area contributed by atoms with E-state index >= 15 is 0 Å². The number of hydrogen-bond acceptors (Lipinski definition) is 5. The van der Waals surface area contributed by atoms with Crippen LogP contribution < -0.4 is 0 Å². The van der Waals surface area contributed by atoms with Crippen LogP contribution in [-0.4, -0.2) is 42.2 Å². The number of pyridine rings is 1. The molecule has 0 amide bonds. The zero-order chi connectivity index (χ0) is 19.3. The van der Waals surface area contributed by atoms with Crippen molar-refractivity contribution in [3.05, 3.63) is 53.9 Å². The van der Waals surface area contributed by atoms with Crippen molar-refractivity contribution in [2.45, 2.75) is 25.9 Å². The Hall–Kier alpha value is -2.19. The number of rotatable bonds is 8. The Labute approximate surface area is 150 Å². The minimum Gasteiger partial charge on any atom is -0.389 e. The fraction of sp³-hybridized carbons (Fsp3) is 0.333. The van der Waals surface area contributed by atoms with E-state index in [1.165, 1.54) is 0 Å². The molecule has 0 saturated heterocycles. The van der Waals surface area contributed by atoms with Crippen molar-refractivity contribution in [2.24, 2.45) is 0 Å². The van der Waals surface area contributed by atoms with Gasteiger partial charge in [-0.1, -0.05) is 30.3 Å². The number of halogens is 2. The number of carbonyl (C=O) groups is 1. The molecule has 0 spiro atoms. The van der Waals surface area contributed by atoms with Crippen molar-refractivity contribution >= 4 is 15.6 Å². The first-order valence-electron chi connectivity index (χ1n) is 7.92. The predicted molar refractivity (Wildman–Crippen MR) is 93.7 cm³/mol. The molecule has 26 heavy (non-hydrogen) atoms. The number of ketones is 1. The van der Waals surface area contributed by atoms with E-state index in [4.69, 9.17) is 0 Å². The summed E-state index contributed by atoms with van der Waals surface area (Å²) in [7, 11) is -3.89. The van der Waals surface area contributed by atoms with Crippen LogP contribution in [0.4, 0.5) is 8.78 Å². The smallest absolute Gasteiger partial charge is 0.297 e. The fourth-order valence-electron chi connectivity index (χ4n) is 2.31. The van der Waals surface area contributed by atoms with Gasteiger partial charge in [0.25, 0.3) is 6.43 Å². The molecule has 0 fully saturated rings. The Kier molecular flexibility index (Phi) is 6.55. The van der Waals surface area contributed by atoms with E-state index in [1.807, 2.05) is 12.1 Å². The third-order valence-electron chi connectivity index (χ3n) is 3.83. The number of hydrogen-bond donors (Lipinski definition) is 1. The number of benzene rings is 1. The van der Waals surface area contributed by atoms with Crippen molar-refractivity contribution < 1.29 is 27.1 Å². The highest BCUT2D eigenvalue weighted by molar-refractivity contribution is 7.92. The monoisotopic (exact) mass is 383 g/mol. The number of aliphatic hydroxyl groups excluding tert-OH is 1. The molecule has 1 atom stereocenters. The molecular weight excluding hydrogens is 364 g/mol. The molecule has 0 aliphatic heterocycles. The third kappa shape index (κ3) is 5.67. The van der Waals surface area contributed by atoms with E-state index in [0.29, 0.717) is 5.69 Å². The second kappa shape index (κ2) is 8.46. The minimum atomic E-state index is -3.89. The lowest BCUT2D eigenvalue weighted by Gasteiger charge is -2.07. The van der Waals surface area contributed by atoms with Crippen LogP contribution in [-0.2, 0) is 21.1 Å². The van der Waals surface area contributed by atoms with Gasteiger partial charge in [0.05, 0.1) is 11.9 Å². The van der Waals surface area contributed by atoms with E-state index in [9.17, 15) is 27.1 Å². The summed E-state index contributed by atoms with van der Waals surface area (Å²) < 4.78 is 47.7. The van der Waals surface area contributed by atoms with Gasteiger partial charge in [-0.3, -0.25) is 9.78 Å². The molecule has 0 saturated carbocycles. The summed E-state index contributed by atoms with van der Waals surface area (Å²) in [6.45, 7) is 1.67. The highest BCUT2D eigenvalue weighted by Crippen LogP contribution is 2.21. The molecule has 0 unspecified atom stereocenters. The van der Waals surface area contributed by atoms with Gasteiger partial charge in [0, 0.05) is 23.9 Å². The number of alkyl halides is 2. The van der Waals surface area contributed by atoms with Gasteiger partial charge in [-0.2, -0.15) is 0 Å². The summed E-state index contributed by atoms with van der Waals surface area (Å²) in [5, 5.41) is 9.51. The summed E-state index contributed by atoms with van der Waals surface area (Å²) in [5.74, 6) is -3.16. The van der Waals surface area contributed by atoms with E-state index < -0.39 is 39.7 Å². The molecule has 1 aromatic heterocycles. The maximum atomic E-state index is 12.2. The maximum absolute atomic E-state index is 12.2. The molecule has 0 aliphatic rings. The first-order chi connectivity index (χ1) is 12.2. The van der Waals surface area contributed by atoms with Gasteiger partial charge >= 0.3 is 0 Å². The number of carbonyl (C=O) groups excluding carboxylic acids is 1. The standard InChI is InChI=1S/C18H19F2NO4S/c1-12(22)13-2-4-14(5-3-13)15-6-7-16(21-10-15)8-9-26(24,25)11-17(23)18(19)20/h2-7,10,12,18,22H,8-9,11H2,1H3/t12-/m0/s1. The van der Waals surface area contributed by atoms with Crippen molar-refractivity contribution in [1.82, 2.24) is 4.98 Å². The van der Waals surface area contributed by atoms with Gasteiger partial charge in [0.2, 0.25) is 5.78 Å². The average molecular weight is 383 g/mol. The molecule has 1 N–H and O–H groups in total. The number of aromatic nitrogens is 1. The van der Waals surface area contributed by atoms with Crippen LogP contribution in [0.2, 0.25) is 0 Å². The Morgan fingerprint density at radius 3 is 2.23 bits per heavy atom. The molecule has 2 rings (SSSR count). The molecule has 5 nitrogen and oxygen atoms in total. The number of nitrogens with zero attached hydrogens (tertiary/aromatic N) is 1. The zero-order valence-corrected chi connectivity index (χ0v) is 14.9. The van der Waals surface area contributed by atoms with E-state index in [0.717, 1.165) is 16.7 Å². The largest absolute Gasteiger partial charge is 0.389 e. The Bertz CT molecular complexity index is 848. The van der Waals surface area contributed by atoms with Gasteiger partial charge in [-0.05, 0) is 24.1 Å². The van der Waals surface area contributed by atoms with Gasteiger partial charge in [0.1, 0.15) is 5.75 Å². The normalized spacial score (nSPS) is 13.0. The highest BCUT2D eigenvalue weighted by Gasteiger charge is 2.23. The molecule has 8 heteroatoms. The summed E-state index contributed by atoms with van der Waals surface area (Å²) >= 11 is 0. The Balaban J connectivity index is 2.00. The van der Waals surface area contributed by atoms with Gasteiger partial charge in [-0.15, -0.1) is 0 Å². The third-order valence-corrected chi connectivity index (χ3v) is 5.38. The van der Waals surface area contributed by atoms with Crippen LogP contribution in [0.25, 0.3) is 11.1 Å². The lowest BCUT2D eigenvalue weighted by Crippen LogP contribution is -2.24. The van der Waals surface area contributed by atoms with Crippen LogP contribution in [0.15, 0.2) is 42.6 Å². The summed E-state index contributed by atoms with van der Waals surface area (Å²) in [4.78, 5) is 15.1.